The second-order valence-corrected chi connectivity index (χ2v) is 8.58. The average molecular weight is 412 g/mol. The van der Waals surface area contributed by atoms with Crippen LogP contribution in [0.4, 0.5) is 5.95 Å². The smallest absolute Gasteiger partial charge is 0.255 e. The molecule has 7 heteroatoms. The lowest BCUT2D eigenvalue weighted by Gasteiger charge is -2.28. The number of hydrogen-bond acceptors (Lipinski definition) is 6. The summed E-state index contributed by atoms with van der Waals surface area (Å²) in [7, 11) is 3.80. The maximum atomic E-state index is 12.5. The molecule has 2 aromatic rings. The minimum atomic E-state index is 0.00491. The predicted molar refractivity (Wildman–Crippen MR) is 119 cm³/mol. The van der Waals surface area contributed by atoms with Crippen molar-refractivity contribution in [2.24, 2.45) is 0 Å². The number of aromatic amines is 1. The normalized spacial score (nSPS) is 20.9. The fraction of sp³-hybridized carbons (Fsp3) is 0.565. The van der Waals surface area contributed by atoms with Gasteiger partial charge in [0.1, 0.15) is 0 Å². The highest BCUT2D eigenvalue weighted by molar-refractivity contribution is 5.32. The van der Waals surface area contributed by atoms with Crippen LogP contribution in [0.1, 0.15) is 23.2 Å². The highest BCUT2D eigenvalue weighted by Gasteiger charge is 2.24. The molecule has 0 bridgehead atoms. The molecule has 7 nitrogen and oxygen atoms in total. The van der Waals surface area contributed by atoms with Crippen LogP contribution in [-0.4, -0.2) is 79.3 Å². The first-order chi connectivity index (χ1) is 14.6. The van der Waals surface area contributed by atoms with Gasteiger partial charge in [-0.15, -0.1) is 0 Å². The van der Waals surface area contributed by atoms with Gasteiger partial charge < -0.3 is 9.64 Å². The topological polar surface area (TPSA) is 64.7 Å². The van der Waals surface area contributed by atoms with Crippen molar-refractivity contribution in [2.75, 3.05) is 58.3 Å². The van der Waals surface area contributed by atoms with Crippen molar-refractivity contribution in [3.05, 3.63) is 57.5 Å². The minimum Gasteiger partial charge on any atom is -0.376 e. The van der Waals surface area contributed by atoms with E-state index >= 15 is 0 Å². The number of nitrogens with zero attached hydrogens (tertiary/aromatic N) is 4. The SMILES string of the molecule is CN(C)c1nc2c(c(=O)[nH]1)CCN(CC1CN(Cc3ccccc3)CCCO1)CC2. The maximum absolute atomic E-state index is 12.5. The minimum absolute atomic E-state index is 0.00491. The van der Waals surface area contributed by atoms with Gasteiger partial charge in [-0.25, -0.2) is 4.98 Å². The van der Waals surface area contributed by atoms with E-state index in [4.69, 9.17) is 9.72 Å². The highest BCUT2D eigenvalue weighted by atomic mass is 16.5. The molecule has 0 spiro atoms. The Hall–Kier alpha value is -2.22. The van der Waals surface area contributed by atoms with E-state index in [0.29, 0.717) is 5.95 Å². The molecule has 0 amide bonds. The van der Waals surface area contributed by atoms with E-state index in [9.17, 15) is 4.79 Å². The molecule has 1 aromatic carbocycles. The third-order valence-electron chi connectivity index (χ3n) is 6.00. The second kappa shape index (κ2) is 9.73. The van der Waals surface area contributed by atoms with Gasteiger partial charge in [-0.3, -0.25) is 19.6 Å². The van der Waals surface area contributed by atoms with Crippen LogP contribution >= 0.6 is 0 Å². The van der Waals surface area contributed by atoms with Crippen molar-refractivity contribution >= 4 is 5.95 Å². The monoisotopic (exact) mass is 411 g/mol. The zero-order chi connectivity index (χ0) is 20.9. The first kappa shape index (κ1) is 21.0. The van der Waals surface area contributed by atoms with Crippen molar-refractivity contribution in [1.82, 2.24) is 19.8 Å². The fourth-order valence-corrected chi connectivity index (χ4v) is 4.39. The zero-order valence-corrected chi connectivity index (χ0v) is 18.1. The summed E-state index contributed by atoms with van der Waals surface area (Å²) in [6.45, 7) is 6.49. The molecule has 0 aliphatic carbocycles. The maximum Gasteiger partial charge on any atom is 0.255 e. The molecule has 1 atom stereocenters. The molecule has 1 saturated heterocycles. The Morgan fingerprint density at radius 1 is 1.13 bits per heavy atom. The first-order valence-electron chi connectivity index (χ1n) is 11.0. The van der Waals surface area contributed by atoms with Gasteiger partial charge >= 0.3 is 0 Å². The van der Waals surface area contributed by atoms with Crippen molar-refractivity contribution in [3.63, 3.8) is 0 Å². The van der Waals surface area contributed by atoms with Gasteiger partial charge in [-0.2, -0.15) is 0 Å². The van der Waals surface area contributed by atoms with Gasteiger partial charge in [-0.05, 0) is 18.4 Å². The summed E-state index contributed by atoms with van der Waals surface area (Å²) in [5, 5.41) is 0. The lowest BCUT2D eigenvalue weighted by Crippen LogP contribution is -2.41. The quantitative estimate of drug-likeness (QED) is 0.805. The Kier molecular flexibility index (Phi) is 6.82. The van der Waals surface area contributed by atoms with Gasteiger partial charge in [0.05, 0.1) is 11.8 Å². The Morgan fingerprint density at radius 2 is 1.93 bits per heavy atom. The molecule has 3 heterocycles. The van der Waals surface area contributed by atoms with Crippen LogP contribution in [-0.2, 0) is 24.1 Å². The molecule has 162 valence electrons. The van der Waals surface area contributed by atoms with Crippen LogP contribution in [0, 0.1) is 0 Å². The van der Waals surface area contributed by atoms with Crippen molar-refractivity contribution < 1.29 is 4.74 Å². The van der Waals surface area contributed by atoms with Crippen LogP contribution in [0.3, 0.4) is 0 Å². The average Bonchev–Trinajstić information content (AvgIpc) is 3.08. The van der Waals surface area contributed by atoms with Crippen LogP contribution in [0.5, 0.6) is 0 Å². The van der Waals surface area contributed by atoms with Crippen molar-refractivity contribution in [1.29, 1.82) is 0 Å². The predicted octanol–water partition coefficient (Wildman–Crippen LogP) is 1.53. The van der Waals surface area contributed by atoms with E-state index in [-0.39, 0.29) is 11.7 Å². The summed E-state index contributed by atoms with van der Waals surface area (Å²) in [6.07, 6.45) is 2.81. The molecule has 0 radical (unpaired) electrons. The number of nitrogens with one attached hydrogen (secondary N) is 1. The number of rotatable bonds is 5. The van der Waals surface area contributed by atoms with E-state index in [1.54, 1.807) is 0 Å². The summed E-state index contributed by atoms with van der Waals surface area (Å²) in [5.41, 5.74) is 3.14. The summed E-state index contributed by atoms with van der Waals surface area (Å²) >= 11 is 0. The number of benzene rings is 1. The molecule has 30 heavy (non-hydrogen) atoms. The Balaban J connectivity index is 1.38. The number of ether oxygens (including phenoxy) is 1. The van der Waals surface area contributed by atoms with Crippen LogP contribution in [0.15, 0.2) is 35.1 Å². The molecule has 1 fully saturated rings. The molecular weight excluding hydrogens is 378 g/mol. The Labute approximate surface area is 178 Å². The van der Waals surface area contributed by atoms with Gasteiger partial charge in [0, 0.05) is 72.0 Å². The van der Waals surface area contributed by atoms with Gasteiger partial charge in [0.2, 0.25) is 5.95 Å². The molecule has 1 N–H and O–H groups in total. The lowest BCUT2D eigenvalue weighted by atomic mass is 10.1. The second-order valence-electron chi connectivity index (χ2n) is 8.58. The molecule has 0 saturated carbocycles. The number of aromatic nitrogens is 2. The fourth-order valence-electron chi connectivity index (χ4n) is 4.39. The van der Waals surface area contributed by atoms with Crippen LogP contribution < -0.4 is 10.5 Å². The third-order valence-corrected chi connectivity index (χ3v) is 6.00. The van der Waals surface area contributed by atoms with Gasteiger partial charge in [0.25, 0.3) is 5.56 Å². The van der Waals surface area contributed by atoms with Crippen molar-refractivity contribution in [2.45, 2.75) is 31.9 Å². The van der Waals surface area contributed by atoms with E-state index in [1.165, 1.54) is 5.56 Å². The number of H-pyrrole nitrogens is 1. The molecule has 2 aliphatic rings. The molecule has 1 aromatic heterocycles. The van der Waals surface area contributed by atoms with Crippen LogP contribution in [0.2, 0.25) is 0 Å². The molecule has 1 unspecified atom stereocenters. The largest absolute Gasteiger partial charge is 0.376 e. The third kappa shape index (κ3) is 5.28. The lowest BCUT2D eigenvalue weighted by molar-refractivity contribution is 0.0266. The first-order valence-corrected chi connectivity index (χ1v) is 11.0. The Morgan fingerprint density at radius 3 is 2.73 bits per heavy atom. The van der Waals surface area contributed by atoms with E-state index in [0.717, 1.165) is 76.4 Å². The number of hydrogen-bond donors (Lipinski definition) is 1. The Bertz CT molecular complexity index is 883. The summed E-state index contributed by atoms with van der Waals surface area (Å²) in [5.74, 6) is 0.635. The summed E-state index contributed by atoms with van der Waals surface area (Å²) in [6, 6.07) is 10.7. The molecular formula is C23H33N5O2. The molecule has 2 aliphatic heterocycles. The molecule has 4 rings (SSSR count). The van der Waals surface area contributed by atoms with E-state index in [2.05, 4.69) is 45.1 Å². The van der Waals surface area contributed by atoms with E-state index in [1.807, 2.05) is 19.0 Å². The van der Waals surface area contributed by atoms with Gasteiger partial charge in [-0.1, -0.05) is 30.3 Å². The number of anilines is 1. The standard InChI is InChI=1S/C23H33N5O2/c1-26(2)23-24-21-10-13-27(12-9-20(21)22(29)25-23)16-19-17-28(11-6-14-30-19)15-18-7-4-3-5-8-18/h3-5,7-8,19H,6,9-17H2,1-2H3,(H,24,25,29). The zero-order valence-electron chi connectivity index (χ0n) is 18.1. The van der Waals surface area contributed by atoms with Crippen LogP contribution in [0.25, 0.3) is 0 Å². The number of fused-ring (bicyclic) bond motifs is 1. The van der Waals surface area contributed by atoms with Crippen molar-refractivity contribution in [3.8, 4) is 0 Å². The highest BCUT2D eigenvalue weighted by Crippen LogP contribution is 2.16. The van der Waals surface area contributed by atoms with E-state index < -0.39 is 0 Å². The summed E-state index contributed by atoms with van der Waals surface area (Å²) < 4.78 is 6.19. The summed E-state index contributed by atoms with van der Waals surface area (Å²) in [4.78, 5) is 26.9. The van der Waals surface area contributed by atoms with Gasteiger partial charge in [0.15, 0.2) is 0 Å².